The molecule has 3 aromatic rings. The molecule has 0 radical (unpaired) electrons. The van der Waals surface area contributed by atoms with E-state index in [0.717, 1.165) is 16.3 Å². The van der Waals surface area contributed by atoms with E-state index in [9.17, 15) is 18.3 Å². The Kier molecular flexibility index (Phi) is 5.08. The smallest absolute Gasteiger partial charge is 0.378 e. The number of nitrogens with zero attached hydrogens (tertiary/aromatic N) is 2. The highest BCUT2D eigenvalue weighted by Crippen LogP contribution is 2.38. The van der Waals surface area contributed by atoms with Crippen LogP contribution < -0.4 is 5.32 Å². The van der Waals surface area contributed by atoms with Crippen molar-refractivity contribution >= 4 is 28.2 Å². The number of rotatable bonds is 4. The average Bonchev–Trinajstić information content (AvgIpc) is 2.62. The molecule has 1 atom stereocenters. The summed E-state index contributed by atoms with van der Waals surface area (Å²) in [4.78, 5) is 8.02. The Morgan fingerprint density at radius 3 is 2.59 bits per heavy atom. The second kappa shape index (κ2) is 7.17. The Labute approximate surface area is 158 Å². The fraction of sp³-hybridized carbons (Fsp3) is 0.158. The topological polar surface area (TPSA) is 58.0 Å². The van der Waals surface area contributed by atoms with Crippen molar-refractivity contribution in [1.82, 2.24) is 9.97 Å². The van der Waals surface area contributed by atoms with Gasteiger partial charge in [0.15, 0.2) is 6.10 Å². The van der Waals surface area contributed by atoms with Crippen LogP contribution in [0.1, 0.15) is 17.4 Å². The van der Waals surface area contributed by atoms with Crippen LogP contribution in [0.2, 0.25) is 5.02 Å². The number of anilines is 1. The van der Waals surface area contributed by atoms with E-state index in [0.29, 0.717) is 16.9 Å². The summed E-state index contributed by atoms with van der Waals surface area (Å²) in [6.07, 6.45) is -3.08. The molecule has 27 heavy (non-hydrogen) atoms. The quantitative estimate of drug-likeness (QED) is 0.622. The lowest BCUT2D eigenvalue weighted by atomic mass is 9.99. The average molecular weight is 394 g/mol. The number of hydrogen-bond acceptors (Lipinski definition) is 4. The number of hydrogen-bond donors (Lipinski definition) is 2. The molecular formula is C19H15ClF3N3O. The monoisotopic (exact) mass is 393 g/mol. The Morgan fingerprint density at radius 1 is 1.19 bits per heavy atom. The number of aliphatic hydroxyl groups is 1. The predicted molar refractivity (Wildman–Crippen MR) is 99.6 cm³/mol. The molecule has 8 heteroatoms. The molecule has 0 aliphatic carbocycles. The fourth-order valence-electron chi connectivity index (χ4n) is 2.73. The summed E-state index contributed by atoms with van der Waals surface area (Å²) in [5.74, 6) is 0.650. The van der Waals surface area contributed by atoms with Crippen molar-refractivity contribution in [3.63, 3.8) is 0 Å². The van der Waals surface area contributed by atoms with Crippen LogP contribution in [0.15, 0.2) is 49.4 Å². The molecule has 0 fully saturated rings. The van der Waals surface area contributed by atoms with Gasteiger partial charge >= 0.3 is 6.18 Å². The van der Waals surface area contributed by atoms with E-state index in [1.165, 1.54) is 12.4 Å². The second-order valence-electron chi connectivity index (χ2n) is 5.92. The maximum absolute atomic E-state index is 12.8. The highest BCUT2D eigenvalue weighted by atomic mass is 35.5. The highest BCUT2D eigenvalue weighted by molar-refractivity contribution is 6.32. The van der Waals surface area contributed by atoms with Gasteiger partial charge in [-0.1, -0.05) is 30.3 Å². The highest BCUT2D eigenvalue weighted by Gasteiger charge is 2.42. The summed E-state index contributed by atoms with van der Waals surface area (Å²) in [6.45, 7) is 5.17. The SMILES string of the molecule is C=CNc1cc2ccc(-c3cnc(C(O)C(F)(F)F)c(Cl)c3C)cc2cn1. The molecule has 0 saturated heterocycles. The third kappa shape index (κ3) is 3.74. The van der Waals surface area contributed by atoms with Crippen molar-refractivity contribution in [2.45, 2.75) is 19.2 Å². The predicted octanol–water partition coefficient (Wildman–Crippen LogP) is 5.41. The van der Waals surface area contributed by atoms with Crippen LogP contribution in [0.25, 0.3) is 21.9 Å². The van der Waals surface area contributed by atoms with E-state index in [1.54, 1.807) is 13.1 Å². The van der Waals surface area contributed by atoms with Crippen molar-refractivity contribution in [2.75, 3.05) is 5.32 Å². The van der Waals surface area contributed by atoms with Gasteiger partial charge in [-0.25, -0.2) is 4.98 Å². The number of aromatic nitrogens is 2. The van der Waals surface area contributed by atoms with Crippen LogP contribution in [0.5, 0.6) is 0 Å². The van der Waals surface area contributed by atoms with Gasteiger partial charge in [-0.05, 0) is 41.8 Å². The zero-order chi connectivity index (χ0) is 19.8. The van der Waals surface area contributed by atoms with Crippen LogP contribution in [-0.2, 0) is 0 Å². The number of nitrogens with one attached hydrogen (secondary N) is 1. The lowest BCUT2D eigenvalue weighted by Gasteiger charge is -2.18. The number of aliphatic hydroxyl groups excluding tert-OH is 1. The lowest BCUT2D eigenvalue weighted by molar-refractivity contribution is -0.207. The minimum atomic E-state index is -4.84. The van der Waals surface area contributed by atoms with Gasteiger partial charge in [0.2, 0.25) is 0 Å². The molecule has 2 N–H and O–H groups in total. The molecule has 0 bridgehead atoms. The Bertz CT molecular complexity index is 1020. The van der Waals surface area contributed by atoms with Gasteiger partial charge in [-0.2, -0.15) is 13.2 Å². The third-order valence-corrected chi connectivity index (χ3v) is 4.62. The number of pyridine rings is 2. The number of fused-ring (bicyclic) bond motifs is 1. The summed E-state index contributed by atoms with van der Waals surface area (Å²) in [5, 5.41) is 13.9. The summed E-state index contributed by atoms with van der Waals surface area (Å²) < 4.78 is 38.3. The number of halogens is 4. The molecule has 0 spiro atoms. The minimum absolute atomic E-state index is 0.207. The summed E-state index contributed by atoms with van der Waals surface area (Å²) in [7, 11) is 0. The maximum atomic E-state index is 12.8. The van der Waals surface area contributed by atoms with Gasteiger partial charge in [-0.15, -0.1) is 0 Å². The minimum Gasteiger partial charge on any atom is -0.378 e. The van der Waals surface area contributed by atoms with Gasteiger partial charge < -0.3 is 10.4 Å². The number of benzene rings is 1. The van der Waals surface area contributed by atoms with Crippen molar-refractivity contribution < 1.29 is 18.3 Å². The molecule has 2 heterocycles. The molecule has 140 valence electrons. The largest absolute Gasteiger partial charge is 0.420 e. The molecule has 1 aromatic carbocycles. The standard InChI is InChI=1S/C19H15ClF3N3O/c1-3-24-15-7-11-4-5-12(6-13(11)8-25-15)14-9-26-17(16(20)10(14)2)18(27)19(21,22)23/h3-9,18,27H,1H2,2H3,(H,24,25). The van der Waals surface area contributed by atoms with Crippen LogP contribution in [0.4, 0.5) is 19.0 Å². The van der Waals surface area contributed by atoms with E-state index < -0.39 is 18.0 Å². The van der Waals surface area contributed by atoms with Crippen molar-refractivity contribution in [1.29, 1.82) is 0 Å². The first-order valence-electron chi connectivity index (χ1n) is 7.89. The van der Waals surface area contributed by atoms with Crippen molar-refractivity contribution in [3.8, 4) is 11.1 Å². The fourth-order valence-corrected chi connectivity index (χ4v) is 2.98. The molecule has 2 aromatic heterocycles. The Hall–Kier alpha value is -2.64. The summed E-state index contributed by atoms with van der Waals surface area (Å²) in [5.41, 5.74) is 1.11. The van der Waals surface area contributed by atoms with Crippen LogP contribution in [-0.4, -0.2) is 21.3 Å². The molecule has 0 saturated carbocycles. The van der Waals surface area contributed by atoms with E-state index >= 15 is 0 Å². The van der Waals surface area contributed by atoms with Crippen LogP contribution in [0.3, 0.4) is 0 Å². The molecule has 0 amide bonds. The van der Waals surface area contributed by atoms with E-state index in [1.807, 2.05) is 24.3 Å². The van der Waals surface area contributed by atoms with Gasteiger partial charge in [0.25, 0.3) is 0 Å². The third-order valence-electron chi connectivity index (χ3n) is 4.14. The van der Waals surface area contributed by atoms with Crippen LogP contribution >= 0.6 is 11.6 Å². The molecule has 0 aliphatic rings. The normalized spacial score (nSPS) is 12.8. The van der Waals surface area contributed by atoms with Gasteiger partial charge in [0.05, 0.1) is 10.7 Å². The Balaban J connectivity index is 2.04. The summed E-state index contributed by atoms with van der Waals surface area (Å²) in [6, 6.07) is 7.38. The van der Waals surface area contributed by atoms with E-state index in [2.05, 4.69) is 21.9 Å². The first kappa shape index (κ1) is 19.1. The molecule has 0 aliphatic heterocycles. The van der Waals surface area contributed by atoms with Crippen LogP contribution in [0, 0.1) is 6.92 Å². The van der Waals surface area contributed by atoms with E-state index in [4.69, 9.17) is 11.6 Å². The lowest BCUT2D eigenvalue weighted by Crippen LogP contribution is -2.22. The van der Waals surface area contributed by atoms with E-state index in [-0.39, 0.29) is 5.02 Å². The molecular weight excluding hydrogens is 379 g/mol. The molecule has 4 nitrogen and oxygen atoms in total. The summed E-state index contributed by atoms with van der Waals surface area (Å²) >= 11 is 6.07. The second-order valence-corrected chi connectivity index (χ2v) is 6.30. The van der Waals surface area contributed by atoms with Gasteiger partial charge in [0, 0.05) is 23.3 Å². The molecule has 3 rings (SSSR count). The molecule has 1 unspecified atom stereocenters. The van der Waals surface area contributed by atoms with Crippen molar-refractivity contribution in [3.05, 3.63) is 65.7 Å². The zero-order valence-electron chi connectivity index (χ0n) is 14.2. The Morgan fingerprint density at radius 2 is 1.93 bits per heavy atom. The van der Waals surface area contributed by atoms with Crippen molar-refractivity contribution in [2.24, 2.45) is 0 Å². The van der Waals surface area contributed by atoms with Gasteiger partial charge in [-0.3, -0.25) is 4.98 Å². The first-order chi connectivity index (χ1) is 12.7. The number of alkyl halides is 3. The van der Waals surface area contributed by atoms with Gasteiger partial charge in [0.1, 0.15) is 5.82 Å². The maximum Gasteiger partial charge on any atom is 0.420 e. The zero-order valence-corrected chi connectivity index (χ0v) is 14.9. The first-order valence-corrected chi connectivity index (χ1v) is 8.27.